The van der Waals surface area contributed by atoms with Crippen LogP contribution in [-0.4, -0.2) is 11.8 Å². The molecule has 6 heteroatoms. The lowest BCUT2D eigenvalue weighted by Gasteiger charge is -2.39. The first-order valence-corrected chi connectivity index (χ1v) is 23.7. The highest BCUT2D eigenvalue weighted by Gasteiger charge is 2.63. The minimum absolute atomic E-state index is 0.0306. The lowest BCUT2D eigenvalue weighted by molar-refractivity contribution is 0.0976. The van der Waals surface area contributed by atoms with Gasteiger partial charge in [-0.3, -0.25) is 19.4 Å². The van der Waals surface area contributed by atoms with E-state index in [1.54, 1.807) is 0 Å². The molecule has 1 fully saturated rings. The Bertz CT molecular complexity index is 3050. The van der Waals surface area contributed by atoms with Crippen molar-refractivity contribution in [1.82, 2.24) is 0 Å². The summed E-state index contributed by atoms with van der Waals surface area (Å²) in [5, 5.41) is 18.6. The second-order valence-corrected chi connectivity index (χ2v) is 18.2. The van der Waals surface area contributed by atoms with Gasteiger partial charge in [0.2, 0.25) is 0 Å². The van der Waals surface area contributed by atoms with E-state index in [9.17, 15) is 20.1 Å². The van der Waals surface area contributed by atoms with Crippen LogP contribution in [0.5, 0.6) is 0 Å². The molecule has 5 aliphatic rings. The van der Waals surface area contributed by atoms with E-state index in [-0.39, 0.29) is 23.7 Å². The van der Waals surface area contributed by atoms with Crippen LogP contribution in [0, 0.1) is 22.7 Å². The minimum Gasteiger partial charge on any atom is -0.293 e. The molecule has 0 aromatic heterocycles. The van der Waals surface area contributed by atoms with Crippen LogP contribution in [0.3, 0.4) is 0 Å². The molecule has 4 heterocycles. The van der Waals surface area contributed by atoms with Crippen molar-refractivity contribution in [1.29, 1.82) is 10.5 Å². The molecule has 8 aromatic carbocycles. The van der Waals surface area contributed by atoms with Crippen LogP contribution < -0.4 is 9.80 Å². The smallest absolute Gasteiger partial charge is 0.259 e. The van der Waals surface area contributed by atoms with Crippen molar-refractivity contribution in [2.45, 2.75) is 61.4 Å². The molecule has 0 N–H and O–H groups in total. The number of fused-ring (bicyclic) bond motifs is 10. The van der Waals surface area contributed by atoms with E-state index < -0.39 is 11.1 Å². The van der Waals surface area contributed by atoms with Crippen molar-refractivity contribution in [2.75, 3.05) is 9.80 Å². The van der Waals surface area contributed by atoms with E-state index in [1.165, 1.54) is 38.5 Å². The summed E-state index contributed by atoms with van der Waals surface area (Å²) in [6.45, 7) is 0. The molecule has 0 bridgehead atoms. The maximum Gasteiger partial charge on any atom is 0.259 e. The van der Waals surface area contributed by atoms with Crippen molar-refractivity contribution in [3.63, 3.8) is 0 Å². The van der Waals surface area contributed by atoms with Crippen LogP contribution in [0.4, 0.5) is 11.4 Å². The van der Waals surface area contributed by atoms with Gasteiger partial charge in [0, 0.05) is 34.3 Å². The molecule has 4 atom stereocenters. The Morgan fingerprint density at radius 3 is 1.07 bits per heavy atom. The summed E-state index contributed by atoms with van der Waals surface area (Å²) in [7, 11) is 0. The van der Waals surface area contributed by atoms with E-state index in [1.807, 2.05) is 168 Å². The van der Waals surface area contributed by atoms with Crippen molar-refractivity contribution >= 4 is 23.2 Å². The molecule has 8 aromatic rings. The number of benzene rings is 8. The first-order chi connectivity index (χ1) is 33.5. The number of carbonyl (C=O) groups excluding carboxylic acids is 2. The number of amides is 2. The van der Waals surface area contributed by atoms with E-state index in [0.29, 0.717) is 11.1 Å². The number of hydrogen-bond donors (Lipinski definition) is 0. The Labute approximate surface area is 398 Å². The molecule has 328 valence electrons. The van der Waals surface area contributed by atoms with Gasteiger partial charge in [0.05, 0.1) is 23.3 Å². The molecule has 1 aliphatic carbocycles. The zero-order chi connectivity index (χ0) is 46.2. The largest absolute Gasteiger partial charge is 0.293 e. The maximum absolute atomic E-state index is 13.8. The van der Waals surface area contributed by atoms with E-state index in [2.05, 4.69) is 60.7 Å². The van der Waals surface area contributed by atoms with Gasteiger partial charge in [-0.2, -0.15) is 10.5 Å². The van der Waals surface area contributed by atoms with Crippen LogP contribution in [0.1, 0.15) is 127 Å². The van der Waals surface area contributed by atoms with Gasteiger partial charge in [0.25, 0.3) is 11.8 Å². The predicted octanol–water partition coefficient (Wildman–Crippen LogP) is 13.6. The first-order valence-electron chi connectivity index (χ1n) is 23.7. The number of anilines is 2. The fourth-order valence-corrected chi connectivity index (χ4v) is 12.0. The van der Waals surface area contributed by atoms with Gasteiger partial charge in [-0.1, -0.05) is 196 Å². The molecule has 6 nitrogen and oxygen atoms in total. The number of nitriles is 2. The number of nitrogens with zero attached hydrogens (tertiary/aromatic N) is 4. The van der Waals surface area contributed by atoms with Crippen molar-refractivity contribution < 1.29 is 9.59 Å². The third kappa shape index (κ3) is 6.44. The Morgan fingerprint density at radius 2 is 0.706 bits per heavy atom. The summed E-state index contributed by atoms with van der Waals surface area (Å²) in [6, 6.07) is 72.9. The van der Waals surface area contributed by atoms with Crippen LogP contribution >= 0.6 is 0 Å². The molecular formula is C62H48N4O2. The molecular weight excluding hydrogens is 833 g/mol. The Kier molecular flexibility index (Phi) is 10.9. The third-order valence-electron chi connectivity index (χ3n) is 14.7. The van der Waals surface area contributed by atoms with Crippen LogP contribution in [0.25, 0.3) is 0 Å². The summed E-state index contributed by atoms with van der Waals surface area (Å²) in [5.41, 5.74) is 11.9. The highest BCUT2D eigenvalue weighted by molar-refractivity contribution is 6.16. The van der Waals surface area contributed by atoms with Gasteiger partial charge in [-0.15, -0.1) is 0 Å². The molecule has 2 amide bonds. The van der Waals surface area contributed by atoms with E-state index >= 15 is 0 Å². The highest BCUT2D eigenvalue weighted by atomic mass is 16.2. The van der Waals surface area contributed by atoms with Gasteiger partial charge >= 0.3 is 0 Å². The molecule has 1 saturated carbocycles. The average Bonchev–Trinajstić information content (AvgIpc) is 4.08. The molecule has 0 saturated heterocycles. The quantitative estimate of drug-likeness (QED) is 0.176. The number of para-hydroxylation sites is 2. The van der Waals surface area contributed by atoms with Gasteiger partial charge in [-0.05, 0) is 93.0 Å². The molecule has 4 aliphatic heterocycles. The van der Waals surface area contributed by atoms with Gasteiger partial charge in [0.15, 0.2) is 0 Å². The molecule has 0 radical (unpaired) electrons. The monoisotopic (exact) mass is 880 g/mol. The van der Waals surface area contributed by atoms with Crippen molar-refractivity contribution in [3.8, 4) is 12.1 Å². The van der Waals surface area contributed by atoms with Gasteiger partial charge in [0.1, 0.15) is 11.1 Å². The highest BCUT2D eigenvalue weighted by Crippen LogP contribution is 2.64. The first kappa shape index (κ1) is 42.3. The van der Waals surface area contributed by atoms with E-state index in [0.717, 1.165) is 67.0 Å². The van der Waals surface area contributed by atoms with E-state index in [4.69, 9.17) is 0 Å². The molecule has 68 heavy (non-hydrogen) atoms. The lowest BCUT2D eigenvalue weighted by atomic mass is 9.70. The molecule has 13 rings (SSSR count). The second-order valence-electron chi connectivity index (χ2n) is 18.2. The van der Waals surface area contributed by atoms with Crippen molar-refractivity contribution in [2.24, 2.45) is 0 Å². The van der Waals surface area contributed by atoms with Crippen LogP contribution in [0.15, 0.2) is 206 Å². The topological polar surface area (TPSA) is 88.2 Å². The van der Waals surface area contributed by atoms with Crippen molar-refractivity contribution in [3.05, 3.63) is 273 Å². The fraction of sp³-hybridized carbons (Fsp3) is 0.161. The minimum atomic E-state index is -0.674. The number of carbonyl (C=O) groups is 2. The Morgan fingerprint density at radius 1 is 0.382 bits per heavy atom. The number of hydrogen-bond acceptors (Lipinski definition) is 4. The lowest BCUT2D eigenvalue weighted by Crippen LogP contribution is -2.45. The predicted molar refractivity (Wildman–Crippen MR) is 268 cm³/mol. The maximum atomic E-state index is 13.8. The molecule has 0 spiro atoms. The molecule has 0 unspecified atom stereocenters. The summed E-state index contributed by atoms with van der Waals surface area (Å²) in [6.07, 6.45) is 9.00. The second kappa shape index (κ2) is 17.5. The zero-order valence-corrected chi connectivity index (χ0v) is 37.6. The standard InChI is InChI=1S/2C28H18N2O.C6H12/c2*29-18-19-14-16-20(17-15-19)26-23-11-5-7-13-25(23)30-27(31)22-10-4-6-12-24(22)28(26,30)21-8-2-1-3-9-21;1-2-4-6-5-3-1/h2*1-17,26H;1-6H2/t2*26-,28-;/m10./s1. The summed E-state index contributed by atoms with van der Waals surface area (Å²) < 4.78 is 0. The third-order valence-corrected chi connectivity index (χ3v) is 14.7. The summed E-state index contributed by atoms with van der Waals surface area (Å²) in [4.78, 5) is 31.5. The van der Waals surface area contributed by atoms with Gasteiger partial charge < -0.3 is 0 Å². The normalized spacial score (nSPS) is 21.0. The summed E-state index contributed by atoms with van der Waals surface area (Å²) >= 11 is 0. The fourth-order valence-electron chi connectivity index (χ4n) is 12.0. The SMILES string of the molecule is C1CCCCC1.N#Cc1ccc([C@@H]2c3ccccc3N3C(=O)c4ccccc4[C@]23c2ccccc2)cc1.N#Cc1ccc([C@H]2c3ccccc3N3C(=O)c4ccccc4[C@@]23c2ccccc2)cc1. The summed E-state index contributed by atoms with van der Waals surface area (Å²) in [5.74, 6) is -0.121. The average molecular weight is 881 g/mol. The van der Waals surface area contributed by atoms with Crippen LogP contribution in [0.2, 0.25) is 0 Å². The van der Waals surface area contributed by atoms with Gasteiger partial charge in [-0.25, -0.2) is 0 Å². The van der Waals surface area contributed by atoms with Crippen LogP contribution in [-0.2, 0) is 11.1 Å². The Hall–Kier alpha value is -8.32. The zero-order valence-electron chi connectivity index (χ0n) is 37.6. The Balaban J connectivity index is 0.000000133. The number of rotatable bonds is 4.